The Morgan fingerprint density at radius 3 is 2.57 bits per heavy atom. The van der Waals surface area contributed by atoms with Gasteiger partial charge in [0.1, 0.15) is 5.76 Å². The van der Waals surface area contributed by atoms with E-state index < -0.39 is 15.9 Å². The lowest BCUT2D eigenvalue weighted by molar-refractivity contribution is 0.0976. The molecule has 154 valence electrons. The lowest BCUT2D eigenvalue weighted by Gasteiger charge is -2.21. The Morgan fingerprint density at radius 1 is 1.27 bits per heavy atom. The first kappa shape index (κ1) is 21.4. The van der Waals surface area contributed by atoms with E-state index in [1.54, 1.807) is 47.4 Å². The molecule has 0 fully saturated rings. The summed E-state index contributed by atoms with van der Waals surface area (Å²) in [5, 5.41) is 9.60. The fourth-order valence-electron chi connectivity index (χ4n) is 2.73. The molecular weight excluding hydrogens is 428 g/mol. The van der Waals surface area contributed by atoms with Gasteiger partial charge >= 0.3 is 6.01 Å². The van der Waals surface area contributed by atoms with E-state index in [0.717, 1.165) is 11.8 Å². The van der Waals surface area contributed by atoms with E-state index in [1.807, 2.05) is 10.8 Å². The van der Waals surface area contributed by atoms with Crippen LogP contribution in [0.5, 0.6) is 0 Å². The monoisotopic (exact) mass is 444 g/mol. The SMILES string of the molecule is Cc1oc(N(Cc2cccc(Cl)c2)c2ccc(C#N)cc2)nc1C(=O)NS(C)(=O)=O. The van der Waals surface area contributed by atoms with Crippen molar-refractivity contribution in [1.82, 2.24) is 9.71 Å². The Kier molecular flexibility index (Phi) is 6.10. The number of benzene rings is 2. The summed E-state index contributed by atoms with van der Waals surface area (Å²) < 4.78 is 30.3. The number of hydrogen-bond donors (Lipinski definition) is 1. The van der Waals surface area contributed by atoms with Crippen molar-refractivity contribution in [3.63, 3.8) is 0 Å². The normalized spacial score (nSPS) is 11.0. The molecule has 3 rings (SSSR count). The summed E-state index contributed by atoms with van der Waals surface area (Å²) >= 11 is 6.09. The summed E-state index contributed by atoms with van der Waals surface area (Å²) in [5.41, 5.74) is 1.86. The van der Waals surface area contributed by atoms with Gasteiger partial charge in [-0.1, -0.05) is 23.7 Å². The third-order valence-electron chi connectivity index (χ3n) is 4.05. The van der Waals surface area contributed by atoms with Crippen LogP contribution in [0.2, 0.25) is 5.02 Å². The number of aromatic nitrogens is 1. The number of sulfonamides is 1. The Hall–Kier alpha value is -3.35. The molecule has 1 heterocycles. The second-order valence-corrected chi connectivity index (χ2v) is 8.66. The summed E-state index contributed by atoms with van der Waals surface area (Å²) in [6.45, 7) is 1.82. The van der Waals surface area contributed by atoms with Crippen LogP contribution in [0.4, 0.5) is 11.7 Å². The second kappa shape index (κ2) is 8.57. The summed E-state index contributed by atoms with van der Waals surface area (Å²) in [7, 11) is -3.75. The second-order valence-electron chi connectivity index (χ2n) is 6.48. The fourth-order valence-corrected chi connectivity index (χ4v) is 3.37. The van der Waals surface area contributed by atoms with E-state index in [1.165, 1.54) is 6.92 Å². The lowest BCUT2D eigenvalue weighted by Crippen LogP contribution is -2.30. The molecule has 1 amide bonds. The van der Waals surface area contributed by atoms with Crippen LogP contribution in [0.1, 0.15) is 27.4 Å². The molecule has 0 atom stereocenters. The Balaban J connectivity index is 2.02. The molecule has 1 N–H and O–H groups in total. The molecule has 30 heavy (non-hydrogen) atoms. The van der Waals surface area contributed by atoms with Gasteiger partial charge in [-0.25, -0.2) is 13.1 Å². The average molecular weight is 445 g/mol. The molecule has 8 nitrogen and oxygen atoms in total. The molecule has 10 heteroatoms. The highest BCUT2D eigenvalue weighted by Crippen LogP contribution is 2.29. The summed E-state index contributed by atoms with van der Waals surface area (Å²) in [5.74, 6) is -0.719. The van der Waals surface area contributed by atoms with Crippen LogP contribution >= 0.6 is 11.6 Å². The maximum Gasteiger partial charge on any atom is 0.303 e. The minimum absolute atomic E-state index is 0.0934. The number of rotatable bonds is 6. The van der Waals surface area contributed by atoms with E-state index in [9.17, 15) is 13.2 Å². The average Bonchev–Trinajstić information content (AvgIpc) is 3.06. The molecule has 2 aromatic carbocycles. The largest absolute Gasteiger partial charge is 0.428 e. The number of carbonyl (C=O) groups is 1. The van der Waals surface area contributed by atoms with Crippen molar-refractivity contribution < 1.29 is 17.6 Å². The van der Waals surface area contributed by atoms with Gasteiger partial charge < -0.3 is 4.42 Å². The van der Waals surface area contributed by atoms with Gasteiger partial charge in [-0.3, -0.25) is 9.69 Å². The Bertz CT molecular complexity index is 1230. The van der Waals surface area contributed by atoms with E-state index in [2.05, 4.69) is 11.1 Å². The highest BCUT2D eigenvalue weighted by Gasteiger charge is 2.24. The maximum atomic E-state index is 12.3. The highest BCUT2D eigenvalue weighted by atomic mass is 35.5. The number of anilines is 2. The fraction of sp³-hybridized carbons (Fsp3) is 0.150. The van der Waals surface area contributed by atoms with Crippen molar-refractivity contribution in [1.29, 1.82) is 5.26 Å². The van der Waals surface area contributed by atoms with Crippen molar-refractivity contribution in [2.24, 2.45) is 0 Å². The summed E-state index contributed by atoms with van der Waals surface area (Å²) in [6, 6.07) is 16.1. The molecule has 0 unspecified atom stereocenters. The Morgan fingerprint density at radius 2 is 1.97 bits per heavy atom. The topological polar surface area (TPSA) is 116 Å². The maximum absolute atomic E-state index is 12.3. The van der Waals surface area contributed by atoms with Crippen LogP contribution < -0.4 is 9.62 Å². The highest BCUT2D eigenvalue weighted by molar-refractivity contribution is 7.89. The molecule has 0 saturated carbocycles. The van der Waals surface area contributed by atoms with Crippen molar-refractivity contribution in [2.75, 3.05) is 11.2 Å². The predicted octanol–water partition coefficient (Wildman–Crippen LogP) is 3.54. The molecule has 0 spiro atoms. The van der Waals surface area contributed by atoms with Crippen molar-refractivity contribution >= 4 is 39.2 Å². The van der Waals surface area contributed by atoms with Gasteiger partial charge in [0.25, 0.3) is 5.91 Å². The summed E-state index contributed by atoms with van der Waals surface area (Å²) in [6.07, 6.45) is 0.878. The number of carbonyl (C=O) groups excluding carboxylic acids is 1. The van der Waals surface area contributed by atoms with Crippen LogP contribution in [-0.2, 0) is 16.6 Å². The van der Waals surface area contributed by atoms with E-state index in [-0.39, 0.29) is 17.5 Å². The zero-order valence-electron chi connectivity index (χ0n) is 16.1. The Labute approximate surface area is 178 Å². The van der Waals surface area contributed by atoms with Gasteiger partial charge in [0.05, 0.1) is 24.4 Å². The molecular formula is C20H17ClN4O4S. The van der Waals surface area contributed by atoms with Crippen molar-refractivity contribution in [2.45, 2.75) is 13.5 Å². The van der Waals surface area contributed by atoms with E-state index >= 15 is 0 Å². The molecule has 1 aromatic heterocycles. The van der Waals surface area contributed by atoms with Crippen LogP contribution in [0, 0.1) is 18.3 Å². The molecule has 0 aliphatic heterocycles. The number of nitrogens with one attached hydrogen (secondary N) is 1. The van der Waals surface area contributed by atoms with Crippen LogP contribution in [0.25, 0.3) is 0 Å². The minimum atomic E-state index is -3.75. The number of nitrogens with zero attached hydrogens (tertiary/aromatic N) is 3. The molecule has 0 aliphatic rings. The number of hydrogen-bond acceptors (Lipinski definition) is 7. The number of aryl methyl sites for hydroxylation is 1. The predicted molar refractivity (Wildman–Crippen MR) is 112 cm³/mol. The molecule has 0 bridgehead atoms. The van der Waals surface area contributed by atoms with Gasteiger partial charge in [0.2, 0.25) is 10.0 Å². The lowest BCUT2D eigenvalue weighted by atomic mass is 10.1. The van der Waals surface area contributed by atoms with Gasteiger partial charge in [0, 0.05) is 10.7 Å². The van der Waals surface area contributed by atoms with Crippen LogP contribution in [0.15, 0.2) is 52.9 Å². The molecule has 0 aliphatic carbocycles. The first-order valence-electron chi connectivity index (χ1n) is 8.68. The molecule has 0 radical (unpaired) electrons. The smallest absolute Gasteiger partial charge is 0.303 e. The zero-order chi connectivity index (χ0) is 21.9. The third kappa shape index (κ3) is 5.17. The zero-order valence-corrected chi connectivity index (χ0v) is 17.7. The van der Waals surface area contributed by atoms with E-state index in [0.29, 0.717) is 22.8 Å². The first-order valence-corrected chi connectivity index (χ1v) is 10.9. The number of nitriles is 1. The van der Waals surface area contributed by atoms with Gasteiger partial charge in [0.15, 0.2) is 5.69 Å². The first-order chi connectivity index (χ1) is 14.2. The minimum Gasteiger partial charge on any atom is -0.428 e. The van der Waals surface area contributed by atoms with Gasteiger partial charge in [-0.05, 0) is 48.9 Å². The van der Waals surface area contributed by atoms with Gasteiger partial charge in [-0.15, -0.1) is 0 Å². The van der Waals surface area contributed by atoms with E-state index in [4.69, 9.17) is 21.3 Å². The van der Waals surface area contributed by atoms with Crippen molar-refractivity contribution in [3.05, 3.63) is 76.1 Å². The number of oxazole rings is 1. The number of amides is 1. The van der Waals surface area contributed by atoms with Crippen LogP contribution in [0.3, 0.4) is 0 Å². The van der Waals surface area contributed by atoms with Crippen molar-refractivity contribution in [3.8, 4) is 6.07 Å². The summed E-state index contributed by atoms with van der Waals surface area (Å²) in [4.78, 5) is 18.2. The van der Waals surface area contributed by atoms with Gasteiger partial charge in [-0.2, -0.15) is 10.2 Å². The number of halogens is 1. The molecule has 3 aromatic rings. The molecule has 0 saturated heterocycles. The standard InChI is InChI=1S/C20H17ClN4O4S/c1-13-18(19(26)24-30(2,27)28)23-20(29-13)25(12-15-4-3-5-16(21)10-15)17-8-6-14(11-22)7-9-17/h3-10H,12H2,1-2H3,(H,24,26). The quantitative estimate of drug-likeness (QED) is 0.618. The third-order valence-corrected chi connectivity index (χ3v) is 4.84. The van der Waals surface area contributed by atoms with Crippen LogP contribution in [-0.4, -0.2) is 25.6 Å².